The van der Waals surface area contributed by atoms with E-state index in [1.54, 1.807) is 6.33 Å². The molecule has 0 saturated carbocycles. The van der Waals surface area contributed by atoms with Gasteiger partial charge < -0.3 is 14.7 Å². The number of benzene rings is 1. The Morgan fingerprint density at radius 1 is 1.06 bits per heavy atom. The second-order valence-corrected chi connectivity index (χ2v) is 9.86. The highest BCUT2D eigenvalue weighted by atomic mass is 35.5. The Morgan fingerprint density at radius 3 is 2.50 bits per heavy atom. The van der Waals surface area contributed by atoms with Crippen molar-refractivity contribution in [1.29, 1.82) is 0 Å². The first-order valence-electron chi connectivity index (χ1n) is 12.0. The van der Waals surface area contributed by atoms with Crippen molar-refractivity contribution in [2.75, 3.05) is 50.7 Å². The smallest absolute Gasteiger partial charge is 0.231 e. The fourth-order valence-corrected chi connectivity index (χ4v) is 5.60. The number of aryl methyl sites for hydroxylation is 1. The summed E-state index contributed by atoms with van der Waals surface area (Å²) in [5, 5.41) is 0.710. The third kappa shape index (κ3) is 4.35. The van der Waals surface area contributed by atoms with Crippen LogP contribution in [0, 0.1) is 0 Å². The van der Waals surface area contributed by atoms with E-state index in [1.165, 1.54) is 24.1 Å². The van der Waals surface area contributed by atoms with Crippen molar-refractivity contribution >= 4 is 23.3 Å². The Morgan fingerprint density at radius 2 is 1.78 bits per heavy atom. The summed E-state index contributed by atoms with van der Waals surface area (Å²) in [6.45, 7) is 8.33. The summed E-state index contributed by atoms with van der Waals surface area (Å²) >= 11 is 6.12. The van der Waals surface area contributed by atoms with Gasteiger partial charge in [-0.15, -0.1) is 0 Å². The number of hydrogen-bond acceptors (Lipinski definition) is 5. The monoisotopic (exact) mass is 453 g/mol. The number of rotatable bonds is 5. The Kier molecular flexibility index (Phi) is 6.33. The van der Waals surface area contributed by atoms with E-state index in [1.807, 2.05) is 24.3 Å². The van der Waals surface area contributed by atoms with Crippen LogP contribution in [0.2, 0.25) is 5.02 Å². The Labute approximate surface area is 195 Å². The number of anilines is 1. The first-order valence-corrected chi connectivity index (χ1v) is 12.3. The van der Waals surface area contributed by atoms with E-state index >= 15 is 0 Å². The lowest BCUT2D eigenvalue weighted by molar-refractivity contribution is -0.133. The van der Waals surface area contributed by atoms with Crippen LogP contribution in [0.4, 0.5) is 5.82 Å². The molecule has 0 spiro atoms. The summed E-state index contributed by atoms with van der Waals surface area (Å²) in [6.07, 6.45) is 6.35. The molecule has 0 N–H and O–H groups in total. The minimum absolute atomic E-state index is 0.139. The molecule has 2 saturated heterocycles. The molecule has 1 aromatic heterocycles. The molecule has 1 aromatic carbocycles. The molecule has 5 rings (SSSR count). The SMILES string of the molecule is C[C@@H]1CCc2ncnc(N3CCN(C(=O)C(CN4CCCC4)c4ccc(Cl)cc4)CC3)c21. The van der Waals surface area contributed by atoms with Crippen LogP contribution in [0.3, 0.4) is 0 Å². The van der Waals surface area contributed by atoms with E-state index in [9.17, 15) is 4.79 Å². The van der Waals surface area contributed by atoms with Gasteiger partial charge in [-0.1, -0.05) is 30.7 Å². The van der Waals surface area contributed by atoms with E-state index in [2.05, 4.69) is 31.6 Å². The van der Waals surface area contributed by atoms with Crippen molar-refractivity contribution in [2.24, 2.45) is 0 Å². The molecular formula is C25H32ClN5O. The molecule has 170 valence electrons. The maximum Gasteiger partial charge on any atom is 0.231 e. The zero-order chi connectivity index (χ0) is 22.1. The number of aromatic nitrogens is 2. The van der Waals surface area contributed by atoms with E-state index < -0.39 is 0 Å². The fourth-order valence-electron chi connectivity index (χ4n) is 5.48. The predicted molar refractivity (Wildman–Crippen MR) is 127 cm³/mol. The summed E-state index contributed by atoms with van der Waals surface area (Å²) in [5.41, 5.74) is 3.59. The molecular weight excluding hydrogens is 422 g/mol. The molecule has 2 aromatic rings. The number of carbonyl (C=O) groups is 1. The van der Waals surface area contributed by atoms with Gasteiger partial charge in [0.1, 0.15) is 12.1 Å². The molecule has 3 aliphatic rings. The number of hydrogen-bond donors (Lipinski definition) is 0. The molecule has 2 atom stereocenters. The zero-order valence-corrected chi connectivity index (χ0v) is 19.6. The normalized spacial score (nSPS) is 22.2. The molecule has 2 fully saturated rings. The van der Waals surface area contributed by atoms with Crippen molar-refractivity contribution < 1.29 is 4.79 Å². The van der Waals surface area contributed by atoms with Gasteiger partial charge in [0.25, 0.3) is 0 Å². The second kappa shape index (κ2) is 9.36. The van der Waals surface area contributed by atoms with E-state index in [-0.39, 0.29) is 11.8 Å². The molecule has 1 unspecified atom stereocenters. The van der Waals surface area contributed by atoms with Crippen LogP contribution in [-0.2, 0) is 11.2 Å². The van der Waals surface area contributed by atoms with Gasteiger partial charge in [-0.2, -0.15) is 0 Å². The van der Waals surface area contributed by atoms with Crippen LogP contribution in [0.5, 0.6) is 0 Å². The van der Waals surface area contributed by atoms with E-state index in [4.69, 9.17) is 11.6 Å². The van der Waals surface area contributed by atoms with E-state index in [0.717, 1.165) is 70.0 Å². The first kappa shape index (κ1) is 21.7. The van der Waals surface area contributed by atoms with Gasteiger partial charge in [0, 0.05) is 49.0 Å². The molecule has 2 aliphatic heterocycles. The van der Waals surface area contributed by atoms with Gasteiger partial charge in [0.05, 0.1) is 5.92 Å². The van der Waals surface area contributed by atoms with Crippen molar-refractivity contribution in [2.45, 2.75) is 44.4 Å². The largest absolute Gasteiger partial charge is 0.353 e. The molecule has 6 nitrogen and oxygen atoms in total. The molecule has 32 heavy (non-hydrogen) atoms. The molecule has 0 bridgehead atoms. The van der Waals surface area contributed by atoms with Gasteiger partial charge in [0.15, 0.2) is 0 Å². The topological polar surface area (TPSA) is 52.6 Å². The zero-order valence-electron chi connectivity index (χ0n) is 18.8. The Balaban J connectivity index is 1.30. The van der Waals surface area contributed by atoms with Gasteiger partial charge in [-0.25, -0.2) is 9.97 Å². The third-order valence-electron chi connectivity index (χ3n) is 7.35. The number of piperazine rings is 1. The average Bonchev–Trinajstić information content (AvgIpc) is 3.48. The number of nitrogens with zero attached hydrogens (tertiary/aromatic N) is 5. The quantitative estimate of drug-likeness (QED) is 0.690. The standard InChI is InChI=1S/C25H32ClN5O/c1-18-4-9-22-23(18)24(28-17-27-22)30-12-14-31(15-13-30)25(32)21(16-29-10-2-3-11-29)19-5-7-20(26)8-6-19/h5-8,17-18,21H,2-4,9-16H2,1H3/t18-,21?/m1/s1. The molecule has 1 aliphatic carbocycles. The molecule has 1 amide bonds. The van der Waals surface area contributed by atoms with Crippen LogP contribution in [0.25, 0.3) is 0 Å². The minimum atomic E-state index is -0.139. The Bertz CT molecular complexity index is 951. The van der Waals surface area contributed by atoms with Crippen molar-refractivity contribution in [1.82, 2.24) is 19.8 Å². The van der Waals surface area contributed by atoms with Crippen molar-refractivity contribution in [3.63, 3.8) is 0 Å². The summed E-state index contributed by atoms with van der Waals surface area (Å²) < 4.78 is 0. The van der Waals surface area contributed by atoms with Crippen LogP contribution >= 0.6 is 11.6 Å². The highest BCUT2D eigenvalue weighted by Crippen LogP contribution is 2.37. The van der Waals surface area contributed by atoms with Gasteiger partial charge >= 0.3 is 0 Å². The van der Waals surface area contributed by atoms with Crippen LogP contribution in [0.15, 0.2) is 30.6 Å². The van der Waals surface area contributed by atoms with Crippen LogP contribution in [0.1, 0.15) is 54.8 Å². The number of likely N-dealkylation sites (tertiary alicyclic amines) is 1. The maximum atomic E-state index is 13.7. The van der Waals surface area contributed by atoms with Crippen LogP contribution in [-0.4, -0.2) is 71.5 Å². The molecule has 3 heterocycles. The lowest BCUT2D eigenvalue weighted by atomic mass is 9.96. The number of amides is 1. The minimum Gasteiger partial charge on any atom is -0.353 e. The highest BCUT2D eigenvalue weighted by molar-refractivity contribution is 6.30. The number of halogens is 1. The van der Waals surface area contributed by atoms with Gasteiger partial charge in [0.2, 0.25) is 5.91 Å². The number of fused-ring (bicyclic) bond motifs is 1. The van der Waals surface area contributed by atoms with E-state index in [0.29, 0.717) is 10.9 Å². The van der Waals surface area contributed by atoms with Crippen LogP contribution < -0.4 is 4.90 Å². The average molecular weight is 454 g/mol. The lowest BCUT2D eigenvalue weighted by Gasteiger charge is -2.38. The second-order valence-electron chi connectivity index (χ2n) is 9.42. The summed E-state index contributed by atoms with van der Waals surface area (Å²) in [7, 11) is 0. The summed E-state index contributed by atoms with van der Waals surface area (Å²) in [6, 6.07) is 7.83. The fraction of sp³-hybridized carbons (Fsp3) is 0.560. The number of carbonyl (C=O) groups excluding carboxylic acids is 1. The van der Waals surface area contributed by atoms with Crippen molar-refractivity contribution in [3.05, 3.63) is 52.4 Å². The Hall–Kier alpha value is -2.18. The van der Waals surface area contributed by atoms with Crippen molar-refractivity contribution in [3.8, 4) is 0 Å². The lowest BCUT2D eigenvalue weighted by Crippen LogP contribution is -2.51. The van der Waals surface area contributed by atoms with Gasteiger partial charge in [-0.3, -0.25) is 4.79 Å². The summed E-state index contributed by atoms with van der Waals surface area (Å²) in [4.78, 5) is 29.7. The first-order chi connectivity index (χ1) is 15.6. The van der Waals surface area contributed by atoms with Gasteiger partial charge in [-0.05, 0) is 62.4 Å². The molecule has 7 heteroatoms. The summed E-state index contributed by atoms with van der Waals surface area (Å²) in [5.74, 6) is 1.69. The third-order valence-corrected chi connectivity index (χ3v) is 7.61. The highest BCUT2D eigenvalue weighted by Gasteiger charge is 2.33. The predicted octanol–water partition coefficient (Wildman–Crippen LogP) is 3.71. The molecule has 0 radical (unpaired) electrons. The maximum absolute atomic E-state index is 13.7.